The van der Waals surface area contributed by atoms with Gasteiger partial charge in [-0.25, -0.2) is 0 Å². The van der Waals surface area contributed by atoms with Crippen molar-refractivity contribution in [3.8, 4) is 0 Å². The Balaban J connectivity index is 1.74. The Morgan fingerprint density at radius 3 is 2.55 bits per heavy atom. The summed E-state index contributed by atoms with van der Waals surface area (Å²) in [5, 5.41) is 4.78. The van der Waals surface area contributed by atoms with Gasteiger partial charge in [0.05, 0.1) is 5.54 Å². The molecule has 1 heterocycles. The molecule has 0 saturated heterocycles. The summed E-state index contributed by atoms with van der Waals surface area (Å²) in [6, 6.07) is 7.67. The Labute approximate surface area is 123 Å². The Hall–Kier alpha value is -1.39. The van der Waals surface area contributed by atoms with Gasteiger partial charge in [0, 0.05) is 11.4 Å². The Morgan fingerprint density at radius 2 is 1.85 bits per heavy atom. The number of aromatic nitrogens is 2. The number of hydrogen-bond acceptors (Lipinski definition) is 4. The summed E-state index contributed by atoms with van der Waals surface area (Å²) in [6.07, 6.45) is 5.99. The molecule has 2 N–H and O–H groups in total. The number of rotatable bonds is 3. The van der Waals surface area contributed by atoms with E-state index in [2.05, 4.69) is 10.1 Å². The maximum absolute atomic E-state index is 6.39. The normalized spacial score (nSPS) is 18.1. The summed E-state index contributed by atoms with van der Waals surface area (Å²) < 4.78 is 5.39. The van der Waals surface area contributed by atoms with E-state index in [4.69, 9.17) is 21.9 Å². The van der Waals surface area contributed by atoms with Crippen LogP contribution in [0.15, 0.2) is 28.8 Å². The fourth-order valence-electron chi connectivity index (χ4n) is 2.71. The summed E-state index contributed by atoms with van der Waals surface area (Å²) in [5.41, 5.74) is 7.07. The lowest BCUT2D eigenvalue weighted by atomic mass is 9.82. The largest absolute Gasteiger partial charge is 0.337 e. The molecule has 0 bridgehead atoms. The lowest BCUT2D eigenvalue weighted by molar-refractivity contribution is 0.219. The minimum absolute atomic E-state index is 0.427. The number of halogens is 1. The molecular weight excluding hydrogens is 274 g/mol. The maximum atomic E-state index is 6.39. The van der Waals surface area contributed by atoms with Crippen molar-refractivity contribution in [1.29, 1.82) is 0 Å². The highest BCUT2D eigenvalue weighted by Gasteiger charge is 2.35. The topological polar surface area (TPSA) is 64.9 Å². The highest BCUT2D eigenvalue weighted by molar-refractivity contribution is 6.30. The van der Waals surface area contributed by atoms with Crippen molar-refractivity contribution >= 4 is 11.6 Å². The van der Waals surface area contributed by atoms with E-state index in [1.165, 1.54) is 6.42 Å². The zero-order valence-electron chi connectivity index (χ0n) is 11.3. The van der Waals surface area contributed by atoms with Crippen LogP contribution in [0, 0.1) is 0 Å². The van der Waals surface area contributed by atoms with Crippen LogP contribution in [-0.4, -0.2) is 10.1 Å². The predicted molar refractivity (Wildman–Crippen MR) is 77.5 cm³/mol. The van der Waals surface area contributed by atoms with E-state index in [1.807, 2.05) is 24.3 Å². The number of nitrogens with two attached hydrogens (primary N) is 1. The predicted octanol–water partition coefficient (Wildman–Crippen LogP) is 3.43. The molecule has 5 heteroatoms. The van der Waals surface area contributed by atoms with Crippen molar-refractivity contribution in [1.82, 2.24) is 10.1 Å². The first-order valence-corrected chi connectivity index (χ1v) is 7.40. The van der Waals surface area contributed by atoms with Crippen LogP contribution in [0.5, 0.6) is 0 Å². The van der Waals surface area contributed by atoms with Gasteiger partial charge in [-0.15, -0.1) is 0 Å². The molecule has 2 aromatic rings. The molecule has 0 radical (unpaired) electrons. The molecule has 0 atom stereocenters. The van der Waals surface area contributed by atoms with E-state index in [9.17, 15) is 0 Å². The zero-order chi connectivity index (χ0) is 14.0. The minimum atomic E-state index is -0.427. The lowest BCUT2D eigenvalue weighted by Gasteiger charge is -2.29. The highest BCUT2D eigenvalue weighted by Crippen LogP contribution is 2.33. The van der Waals surface area contributed by atoms with Crippen molar-refractivity contribution in [2.45, 2.75) is 44.1 Å². The second kappa shape index (κ2) is 5.54. The van der Waals surface area contributed by atoms with E-state index in [-0.39, 0.29) is 0 Å². The van der Waals surface area contributed by atoms with Gasteiger partial charge in [0.2, 0.25) is 5.89 Å². The first-order valence-electron chi connectivity index (χ1n) is 7.02. The molecule has 1 aromatic carbocycles. The number of benzene rings is 1. The summed E-state index contributed by atoms with van der Waals surface area (Å²) >= 11 is 5.87. The van der Waals surface area contributed by atoms with Gasteiger partial charge in [0.15, 0.2) is 5.82 Å². The Kier molecular flexibility index (Phi) is 3.76. The molecule has 1 aromatic heterocycles. The van der Waals surface area contributed by atoms with E-state index < -0.39 is 5.54 Å². The van der Waals surface area contributed by atoms with Crippen molar-refractivity contribution in [2.24, 2.45) is 5.73 Å². The molecule has 1 fully saturated rings. The second-order valence-electron chi connectivity index (χ2n) is 5.54. The average molecular weight is 292 g/mol. The first kappa shape index (κ1) is 13.6. The number of hydrogen-bond donors (Lipinski definition) is 1. The quantitative estimate of drug-likeness (QED) is 0.941. The third-order valence-electron chi connectivity index (χ3n) is 3.92. The number of nitrogens with zero attached hydrogens (tertiary/aromatic N) is 2. The summed E-state index contributed by atoms with van der Waals surface area (Å²) in [5.74, 6) is 1.26. The second-order valence-corrected chi connectivity index (χ2v) is 5.97. The van der Waals surface area contributed by atoms with Gasteiger partial charge in [0.25, 0.3) is 0 Å². The third kappa shape index (κ3) is 2.86. The van der Waals surface area contributed by atoms with Crippen LogP contribution in [0.1, 0.15) is 49.4 Å². The summed E-state index contributed by atoms with van der Waals surface area (Å²) in [4.78, 5) is 4.49. The third-order valence-corrected chi connectivity index (χ3v) is 4.17. The van der Waals surface area contributed by atoms with Crippen LogP contribution in [0.25, 0.3) is 0 Å². The monoisotopic (exact) mass is 291 g/mol. The van der Waals surface area contributed by atoms with Crippen LogP contribution >= 0.6 is 11.6 Å². The smallest absolute Gasteiger partial charge is 0.246 e. The van der Waals surface area contributed by atoms with Crippen LogP contribution in [0.4, 0.5) is 0 Å². The van der Waals surface area contributed by atoms with Crippen LogP contribution < -0.4 is 5.73 Å². The first-order chi connectivity index (χ1) is 9.66. The van der Waals surface area contributed by atoms with Crippen LogP contribution in [0.3, 0.4) is 0 Å². The van der Waals surface area contributed by atoms with Gasteiger partial charge >= 0.3 is 0 Å². The molecule has 1 saturated carbocycles. The van der Waals surface area contributed by atoms with Gasteiger partial charge in [0.1, 0.15) is 0 Å². The molecule has 3 rings (SSSR count). The molecule has 1 aliphatic carbocycles. The molecule has 0 spiro atoms. The van der Waals surface area contributed by atoms with Gasteiger partial charge in [-0.3, -0.25) is 0 Å². The lowest BCUT2D eigenvalue weighted by Crippen LogP contribution is -2.39. The van der Waals surface area contributed by atoms with Crippen molar-refractivity contribution in [3.63, 3.8) is 0 Å². The summed E-state index contributed by atoms with van der Waals surface area (Å²) in [7, 11) is 0. The van der Waals surface area contributed by atoms with Gasteiger partial charge in [-0.1, -0.05) is 48.2 Å². The van der Waals surface area contributed by atoms with Crippen LogP contribution in [-0.2, 0) is 12.0 Å². The average Bonchev–Trinajstić information content (AvgIpc) is 2.92. The molecule has 4 nitrogen and oxygen atoms in total. The van der Waals surface area contributed by atoms with Gasteiger partial charge in [-0.05, 0) is 30.5 Å². The maximum Gasteiger partial charge on any atom is 0.246 e. The SMILES string of the molecule is NC1(c2nc(Cc3ccc(Cl)cc3)no2)CCCCC1. The molecular formula is C15H18ClN3O. The fourth-order valence-corrected chi connectivity index (χ4v) is 2.84. The Morgan fingerprint density at radius 1 is 1.15 bits per heavy atom. The molecule has 106 valence electrons. The minimum Gasteiger partial charge on any atom is -0.337 e. The molecule has 20 heavy (non-hydrogen) atoms. The van der Waals surface area contributed by atoms with E-state index in [0.29, 0.717) is 18.1 Å². The van der Waals surface area contributed by atoms with Crippen molar-refractivity contribution in [3.05, 3.63) is 46.6 Å². The molecule has 0 aliphatic heterocycles. The van der Waals surface area contributed by atoms with Gasteiger partial charge < -0.3 is 10.3 Å². The fraction of sp³-hybridized carbons (Fsp3) is 0.467. The Bertz CT molecular complexity index is 573. The van der Waals surface area contributed by atoms with E-state index in [1.54, 1.807) is 0 Å². The summed E-state index contributed by atoms with van der Waals surface area (Å²) in [6.45, 7) is 0. The van der Waals surface area contributed by atoms with Crippen molar-refractivity contribution < 1.29 is 4.52 Å². The molecule has 1 aliphatic rings. The standard InChI is InChI=1S/C15H18ClN3O/c16-12-6-4-11(5-7-12)10-13-18-14(20-19-13)15(17)8-2-1-3-9-15/h4-7H,1-3,8-10,17H2. The van der Waals surface area contributed by atoms with E-state index >= 15 is 0 Å². The van der Waals surface area contributed by atoms with Gasteiger partial charge in [-0.2, -0.15) is 4.98 Å². The van der Waals surface area contributed by atoms with Crippen molar-refractivity contribution in [2.75, 3.05) is 0 Å². The zero-order valence-corrected chi connectivity index (χ0v) is 12.1. The highest BCUT2D eigenvalue weighted by atomic mass is 35.5. The molecule has 0 unspecified atom stereocenters. The van der Waals surface area contributed by atoms with E-state index in [0.717, 1.165) is 36.3 Å². The van der Waals surface area contributed by atoms with Crippen LogP contribution in [0.2, 0.25) is 5.02 Å². The molecule has 0 amide bonds.